The highest BCUT2D eigenvalue weighted by atomic mass is 32.1. The molecule has 0 bridgehead atoms. The number of halogens is 2. The van der Waals surface area contributed by atoms with E-state index >= 15 is 0 Å². The number of nitrogens with zero attached hydrogens (tertiary/aromatic N) is 2. The number of aromatic nitrogens is 1. The highest BCUT2D eigenvalue weighted by Crippen LogP contribution is 2.28. The quantitative estimate of drug-likeness (QED) is 0.358. The fraction of sp³-hybridized carbons (Fsp3) is 0.524. The number of hydrogen-bond donors (Lipinski definition) is 3. The van der Waals surface area contributed by atoms with Gasteiger partial charge in [-0.25, -0.2) is 18.6 Å². The standard InChI is InChI=1S/C11H11N3O3S.C10H20F2/c1-7-12-10(6-18-7)14(17)13-9-4-2-8(3-5-9)11(15)16;1-4-7-10(11,12)8-6-9(3)5-2/h2-6,13,17H,1H3,(H,15,16);9H,4-8H2,1-3H3. The minimum Gasteiger partial charge on any atom is -0.478 e. The summed E-state index contributed by atoms with van der Waals surface area (Å²) in [4.78, 5) is 14.8. The molecule has 2 rings (SSSR count). The summed E-state index contributed by atoms with van der Waals surface area (Å²) >= 11 is 1.42. The van der Waals surface area contributed by atoms with Crippen molar-refractivity contribution in [3.05, 3.63) is 40.2 Å². The van der Waals surface area contributed by atoms with Gasteiger partial charge in [-0.05, 0) is 43.5 Å². The van der Waals surface area contributed by atoms with Crippen molar-refractivity contribution in [2.24, 2.45) is 5.92 Å². The molecule has 0 amide bonds. The number of carboxylic acids is 1. The number of thiazole rings is 1. The molecule has 0 aliphatic carbocycles. The van der Waals surface area contributed by atoms with Crippen LogP contribution in [-0.2, 0) is 0 Å². The number of benzene rings is 1. The topological polar surface area (TPSA) is 85.7 Å². The molecule has 6 nitrogen and oxygen atoms in total. The van der Waals surface area contributed by atoms with E-state index in [1.165, 1.54) is 23.5 Å². The Bertz CT molecular complexity index is 769. The predicted molar refractivity (Wildman–Crippen MR) is 117 cm³/mol. The Balaban J connectivity index is 0.000000329. The highest BCUT2D eigenvalue weighted by Gasteiger charge is 2.27. The second-order valence-electron chi connectivity index (χ2n) is 7.19. The number of nitrogens with one attached hydrogen (secondary N) is 1. The van der Waals surface area contributed by atoms with Crippen LogP contribution in [0.4, 0.5) is 20.3 Å². The number of carbonyl (C=O) groups is 1. The third-order valence-corrected chi connectivity index (χ3v) is 5.27. The van der Waals surface area contributed by atoms with E-state index < -0.39 is 11.9 Å². The molecule has 1 heterocycles. The van der Waals surface area contributed by atoms with Gasteiger partial charge in [0, 0.05) is 18.2 Å². The smallest absolute Gasteiger partial charge is 0.335 e. The minimum absolute atomic E-state index is 0.0451. The number of rotatable bonds is 10. The molecule has 0 saturated heterocycles. The number of hydrazine groups is 1. The molecule has 1 unspecified atom stereocenters. The maximum Gasteiger partial charge on any atom is 0.335 e. The average Bonchev–Trinajstić information content (AvgIpc) is 3.13. The van der Waals surface area contributed by atoms with E-state index in [0.717, 1.165) is 16.6 Å². The first-order valence-corrected chi connectivity index (χ1v) is 10.8. The summed E-state index contributed by atoms with van der Waals surface area (Å²) in [5.41, 5.74) is 3.43. The maximum atomic E-state index is 12.9. The first-order chi connectivity index (χ1) is 14.1. The van der Waals surface area contributed by atoms with Crippen molar-refractivity contribution in [1.29, 1.82) is 0 Å². The van der Waals surface area contributed by atoms with Gasteiger partial charge < -0.3 is 5.11 Å². The molecule has 1 aromatic carbocycles. The fourth-order valence-electron chi connectivity index (χ4n) is 2.47. The Morgan fingerprint density at radius 1 is 1.27 bits per heavy atom. The molecule has 1 aromatic heterocycles. The van der Waals surface area contributed by atoms with Gasteiger partial charge in [0.25, 0.3) is 0 Å². The van der Waals surface area contributed by atoms with Crippen molar-refractivity contribution >= 4 is 28.8 Å². The molecule has 1 atom stereocenters. The van der Waals surface area contributed by atoms with Gasteiger partial charge in [0.15, 0.2) is 5.82 Å². The zero-order chi connectivity index (χ0) is 22.7. The van der Waals surface area contributed by atoms with Crippen LogP contribution in [0.2, 0.25) is 0 Å². The van der Waals surface area contributed by atoms with E-state index in [2.05, 4.69) is 10.4 Å². The summed E-state index contributed by atoms with van der Waals surface area (Å²) in [7, 11) is 0. The summed E-state index contributed by atoms with van der Waals surface area (Å²) in [6, 6.07) is 6.02. The molecule has 0 radical (unpaired) electrons. The Labute approximate surface area is 180 Å². The fourth-order valence-corrected chi connectivity index (χ4v) is 3.04. The first-order valence-electron chi connectivity index (χ1n) is 9.97. The second kappa shape index (κ2) is 12.4. The second-order valence-corrected chi connectivity index (χ2v) is 8.25. The summed E-state index contributed by atoms with van der Waals surface area (Å²) in [6.45, 7) is 7.71. The van der Waals surface area contributed by atoms with Crippen molar-refractivity contribution in [1.82, 2.24) is 4.98 Å². The van der Waals surface area contributed by atoms with Gasteiger partial charge in [0.1, 0.15) is 0 Å². The largest absolute Gasteiger partial charge is 0.478 e. The van der Waals surface area contributed by atoms with Gasteiger partial charge in [0.2, 0.25) is 5.92 Å². The lowest BCUT2D eigenvalue weighted by molar-refractivity contribution is -0.0217. The molecule has 168 valence electrons. The Morgan fingerprint density at radius 3 is 2.37 bits per heavy atom. The van der Waals surface area contributed by atoms with Gasteiger partial charge in [-0.1, -0.05) is 33.6 Å². The number of anilines is 2. The van der Waals surface area contributed by atoms with E-state index in [-0.39, 0.29) is 18.4 Å². The van der Waals surface area contributed by atoms with Crippen LogP contribution in [0.1, 0.15) is 68.2 Å². The van der Waals surface area contributed by atoms with Crippen LogP contribution in [0, 0.1) is 12.8 Å². The van der Waals surface area contributed by atoms with Crippen molar-refractivity contribution in [2.75, 3.05) is 10.6 Å². The van der Waals surface area contributed by atoms with Crippen LogP contribution in [0.25, 0.3) is 0 Å². The first kappa shape index (κ1) is 25.8. The van der Waals surface area contributed by atoms with Gasteiger partial charge in [-0.15, -0.1) is 16.5 Å². The molecular weight excluding hydrogens is 412 g/mol. The number of alkyl halides is 2. The lowest BCUT2D eigenvalue weighted by atomic mass is 9.98. The zero-order valence-corrected chi connectivity index (χ0v) is 18.7. The summed E-state index contributed by atoms with van der Waals surface area (Å²) in [5, 5.41) is 21.8. The predicted octanol–water partition coefficient (Wildman–Crippen LogP) is 6.62. The highest BCUT2D eigenvalue weighted by molar-refractivity contribution is 7.09. The molecule has 3 N–H and O–H groups in total. The van der Waals surface area contributed by atoms with Crippen LogP contribution in [-0.4, -0.2) is 27.2 Å². The molecule has 9 heteroatoms. The van der Waals surface area contributed by atoms with Gasteiger partial charge >= 0.3 is 5.97 Å². The monoisotopic (exact) mass is 443 g/mol. The lowest BCUT2D eigenvalue weighted by Crippen LogP contribution is -2.25. The van der Waals surface area contributed by atoms with Gasteiger partial charge in [-0.2, -0.15) is 0 Å². The average molecular weight is 444 g/mol. The Morgan fingerprint density at radius 2 is 1.90 bits per heavy atom. The van der Waals surface area contributed by atoms with Crippen LogP contribution in [0.3, 0.4) is 0 Å². The van der Waals surface area contributed by atoms with Crippen molar-refractivity contribution < 1.29 is 23.9 Å². The molecule has 0 aliphatic heterocycles. The van der Waals surface area contributed by atoms with E-state index in [4.69, 9.17) is 5.11 Å². The molecule has 30 heavy (non-hydrogen) atoms. The summed E-state index contributed by atoms with van der Waals surface area (Å²) < 4.78 is 25.8. The van der Waals surface area contributed by atoms with E-state index in [9.17, 15) is 18.8 Å². The molecule has 0 spiro atoms. The normalized spacial score (nSPS) is 12.0. The van der Waals surface area contributed by atoms with Crippen molar-refractivity contribution in [3.8, 4) is 0 Å². The van der Waals surface area contributed by atoms with Crippen LogP contribution in [0.5, 0.6) is 0 Å². The van der Waals surface area contributed by atoms with E-state index in [0.29, 0.717) is 30.3 Å². The van der Waals surface area contributed by atoms with Crippen molar-refractivity contribution in [3.63, 3.8) is 0 Å². The molecular formula is C21H31F2N3O3S. The minimum atomic E-state index is -2.42. The van der Waals surface area contributed by atoms with E-state index in [1.807, 2.05) is 20.8 Å². The van der Waals surface area contributed by atoms with E-state index in [1.54, 1.807) is 24.4 Å². The SMILES string of the molecule is CCCC(F)(F)CCC(C)CC.Cc1nc(N(O)Nc2ccc(C(=O)O)cc2)cs1. The number of hydrogen-bond acceptors (Lipinski definition) is 6. The van der Waals surface area contributed by atoms with Crippen molar-refractivity contribution in [2.45, 2.75) is 65.7 Å². The van der Waals surface area contributed by atoms with Crippen LogP contribution in [0.15, 0.2) is 29.6 Å². The van der Waals surface area contributed by atoms with Gasteiger partial charge in [0.05, 0.1) is 16.3 Å². The molecule has 2 aromatic rings. The summed E-state index contributed by atoms with van der Waals surface area (Å²) in [5.74, 6) is -2.58. The molecule has 0 fully saturated rings. The number of aryl methyl sites for hydroxylation is 1. The Hall–Kier alpha value is -2.26. The third kappa shape index (κ3) is 9.49. The zero-order valence-electron chi connectivity index (χ0n) is 17.9. The lowest BCUT2D eigenvalue weighted by Gasteiger charge is -2.17. The number of carboxylic acid groups (broad SMARTS) is 1. The molecule has 0 saturated carbocycles. The Kier molecular flexibility index (Phi) is 10.7. The van der Waals surface area contributed by atoms with Gasteiger partial charge in [-0.3, -0.25) is 10.6 Å². The van der Waals surface area contributed by atoms with Crippen LogP contribution < -0.4 is 10.6 Å². The summed E-state index contributed by atoms with van der Waals surface area (Å²) in [6.07, 6.45) is 2.35. The maximum absolute atomic E-state index is 12.9. The van der Waals surface area contributed by atoms with Crippen LogP contribution >= 0.6 is 11.3 Å². The molecule has 0 aliphatic rings. The number of aromatic carboxylic acids is 1. The third-order valence-electron chi connectivity index (χ3n) is 4.51.